The van der Waals surface area contributed by atoms with Gasteiger partial charge < -0.3 is 5.11 Å². The van der Waals surface area contributed by atoms with Gasteiger partial charge >= 0.3 is 15.5 Å². The highest BCUT2D eigenvalue weighted by molar-refractivity contribution is 7.93. The first-order valence-electron chi connectivity index (χ1n) is 6.27. The Morgan fingerprint density at radius 1 is 0.960 bits per heavy atom. The highest BCUT2D eigenvalue weighted by Gasteiger charge is 2.46. The van der Waals surface area contributed by atoms with Crippen LogP contribution in [-0.2, 0) is 19.9 Å². The lowest BCUT2D eigenvalue weighted by atomic mass is 10.3. The number of sulfone groups is 1. The van der Waals surface area contributed by atoms with Crippen molar-refractivity contribution < 1.29 is 35.1 Å². The Hall–Kier alpha value is -1.98. The number of hydrogen-bond acceptors (Lipinski definition) is 5. The van der Waals surface area contributed by atoms with Crippen LogP contribution in [0, 0.1) is 0 Å². The Kier molecular flexibility index (Phi) is 4.94. The summed E-state index contributed by atoms with van der Waals surface area (Å²) in [5.41, 5.74) is -6.26. The first kappa shape index (κ1) is 19.3. The molecule has 0 saturated heterocycles. The molecule has 0 spiro atoms. The van der Waals surface area contributed by atoms with Gasteiger partial charge in [-0.1, -0.05) is 11.6 Å². The van der Waals surface area contributed by atoms with Crippen LogP contribution in [0.5, 0.6) is 5.75 Å². The predicted molar refractivity (Wildman–Crippen MR) is 83.6 cm³/mol. The Morgan fingerprint density at radius 2 is 1.52 bits per heavy atom. The lowest BCUT2D eigenvalue weighted by molar-refractivity contribution is -0.0429. The molecule has 0 atom stereocenters. The molecule has 0 bridgehead atoms. The van der Waals surface area contributed by atoms with Crippen LogP contribution in [0.25, 0.3) is 0 Å². The molecule has 2 rings (SSSR count). The van der Waals surface area contributed by atoms with Crippen LogP contribution in [0.4, 0.5) is 18.9 Å². The van der Waals surface area contributed by atoms with E-state index in [9.17, 15) is 35.1 Å². The number of rotatable bonds is 4. The zero-order valence-corrected chi connectivity index (χ0v) is 14.3. The number of sulfonamides is 1. The Morgan fingerprint density at radius 3 is 2.04 bits per heavy atom. The van der Waals surface area contributed by atoms with E-state index in [0.717, 1.165) is 24.3 Å². The zero-order chi connectivity index (χ0) is 19.0. The quantitative estimate of drug-likeness (QED) is 0.747. The number of phenolic OH excluding ortho intramolecular Hbond substituents is 1. The van der Waals surface area contributed by atoms with E-state index in [0.29, 0.717) is 6.07 Å². The molecule has 0 radical (unpaired) electrons. The summed E-state index contributed by atoms with van der Waals surface area (Å²) in [5, 5.41) is 9.99. The van der Waals surface area contributed by atoms with E-state index in [1.165, 1.54) is 16.9 Å². The standard InChI is InChI=1S/C13H9ClF3NO5S2/c14-8-1-4-10(5-2-8)24(20,21)12-7-9(3-6-11(12)19)18-25(22,23)13(15,16)17/h1-7,18-19H. The molecule has 25 heavy (non-hydrogen) atoms. The summed E-state index contributed by atoms with van der Waals surface area (Å²) in [6.45, 7) is 0. The number of alkyl halides is 3. The molecule has 6 nitrogen and oxygen atoms in total. The van der Waals surface area contributed by atoms with Gasteiger partial charge in [-0.15, -0.1) is 0 Å². The van der Waals surface area contributed by atoms with Gasteiger partial charge in [-0.05, 0) is 42.5 Å². The van der Waals surface area contributed by atoms with Crippen molar-refractivity contribution in [1.29, 1.82) is 0 Å². The number of phenols is 1. The van der Waals surface area contributed by atoms with E-state index in [2.05, 4.69) is 0 Å². The minimum atomic E-state index is -5.74. The van der Waals surface area contributed by atoms with Crippen molar-refractivity contribution in [2.45, 2.75) is 15.3 Å². The second kappa shape index (κ2) is 6.39. The van der Waals surface area contributed by atoms with Crippen LogP contribution in [0.2, 0.25) is 5.02 Å². The first-order chi connectivity index (χ1) is 11.3. The Bertz CT molecular complexity index is 1000. The molecule has 12 heteroatoms. The van der Waals surface area contributed by atoms with Crippen molar-refractivity contribution in [2.75, 3.05) is 4.72 Å². The zero-order valence-electron chi connectivity index (χ0n) is 12.0. The first-order valence-corrected chi connectivity index (χ1v) is 9.62. The molecule has 2 N–H and O–H groups in total. The second-order valence-electron chi connectivity index (χ2n) is 4.69. The maximum Gasteiger partial charge on any atom is 0.516 e. The molecule has 0 aromatic heterocycles. The third kappa shape index (κ3) is 3.99. The fourth-order valence-corrected chi connectivity index (χ4v) is 3.80. The molecule has 0 fully saturated rings. The number of halogens is 4. The molecule has 2 aromatic carbocycles. The van der Waals surface area contributed by atoms with Gasteiger partial charge in [-0.2, -0.15) is 21.6 Å². The van der Waals surface area contributed by atoms with Crippen molar-refractivity contribution in [2.24, 2.45) is 0 Å². The predicted octanol–water partition coefficient (Wildman–Crippen LogP) is 3.14. The minimum absolute atomic E-state index is 0.245. The van der Waals surface area contributed by atoms with Gasteiger partial charge in [-0.3, -0.25) is 4.72 Å². The number of anilines is 1. The third-order valence-electron chi connectivity index (χ3n) is 2.93. The largest absolute Gasteiger partial charge is 0.516 e. The van der Waals surface area contributed by atoms with E-state index in [1.807, 2.05) is 0 Å². The topological polar surface area (TPSA) is 101 Å². The lowest BCUT2D eigenvalue weighted by Gasteiger charge is -2.13. The van der Waals surface area contributed by atoms with Crippen molar-refractivity contribution in [3.63, 3.8) is 0 Å². The highest BCUT2D eigenvalue weighted by Crippen LogP contribution is 2.33. The fourth-order valence-electron chi connectivity index (χ4n) is 1.75. The minimum Gasteiger partial charge on any atom is -0.507 e. The SMILES string of the molecule is O=S(=O)(c1ccc(Cl)cc1)c1cc(NS(=O)(=O)C(F)(F)F)ccc1O. The van der Waals surface area contributed by atoms with Crippen LogP contribution in [0.1, 0.15) is 0 Å². The molecule has 0 aliphatic rings. The second-order valence-corrected chi connectivity index (χ2v) is 8.72. The van der Waals surface area contributed by atoms with Gasteiger partial charge in [-0.25, -0.2) is 8.42 Å². The van der Waals surface area contributed by atoms with E-state index < -0.39 is 41.7 Å². The van der Waals surface area contributed by atoms with Gasteiger partial charge in [0.1, 0.15) is 10.6 Å². The number of benzene rings is 2. The van der Waals surface area contributed by atoms with Gasteiger partial charge in [0.25, 0.3) is 0 Å². The summed E-state index contributed by atoms with van der Waals surface area (Å²) < 4.78 is 85.6. The van der Waals surface area contributed by atoms with Gasteiger partial charge in [0, 0.05) is 5.02 Å². The Balaban J connectivity index is 2.51. The average molecular weight is 416 g/mol. The van der Waals surface area contributed by atoms with Crippen LogP contribution >= 0.6 is 11.6 Å². The van der Waals surface area contributed by atoms with E-state index in [1.54, 1.807) is 0 Å². The van der Waals surface area contributed by atoms with Crippen LogP contribution in [0.3, 0.4) is 0 Å². The van der Waals surface area contributed by atoms with Crippen molar-refractivity contribution in [3.05, 3.63) is 47.5 Å². The highest BCUT2D eigenvalue weighted by atomic mass is 35.5. The van der Waals surface area contributed by atoms with Crippen LogP contribution in [-0.4, -0.2) is 27.5 Å². The average Bonchev–Trinajstić information content (AvgIpc) is 2.48. The lowest BCUT2D eigenvalue weighted by Crippen LogP contribution is -2.29. The molecule has 136 valence electrons. The van der Waals surface area contributed by atoms with E-state index in [4.69, 9.17) is 11.6 Å². The normalized spacial score (nSPS) is 12.8. The van der Waals surface area contributed by atoms with E-state index >= 15 is 0 Å². The van der Waals surface area contributed by atoms with Gasteiger partial charge in [0.15, 0.2) is 0 Å². The molecular formula is C13H9ClF3NO5S2. The molecule has 0 amide bonds. The molecule has 2 aromatic rings. The van der Waals surface area contributed by atoms with Crippen LogP contribution in [0.15, 0.2) is 52.3 Å². The molecule has 0 saturated carbocycles. The van der Waals surface area contributed by atoms with Gasteiger partial charge in [0.2, 0.25) is 9.84 Å². The third-order valence-corrected chi connectivity index (χ3v) is 6.09. The molecule has 0 unspecified atom stereocenters. The maximum atomic E-state index is 12.5. The molecule has 0 heterocycles. The maximum absolute atomic E-state index is 12.5. The summed E-state index contributed by atoms with van der Waals surface area (Å²) in [6, 6.07) is 6.93. The van der Waals surface area contributed by atoms with Crippen LogP contribution < -0.4 is 4.72 Å². The molecule has 0 aliphatic carbocycles. The Labute approximate surface area is 145 Å². The number of nitrogens with one attached hydrogen (secondary N) is 1. The smallest absolute Gasteiger partial charge is 0.507 e. The summed E-state index contributed by atoms with van der Waals surface area (Å²) in [5.74, 6) is -0.759. The van der Waals surface area contributed by atoms with Crippen molar-refractivity contribution in [1.82, 2.24) is 0 Å². The number of hydrogen-bond donors (Lipinski definition) is 2. The summed E-state index contributed by atoms with van der Waals surface area (Å²) >= 11 is 5.65. The summed E-state index contributed by atoms with van der Waals surface area (Å²) in [4.78, 5) is -1.06. The number of aromatic hydroxyl groups is 1. The van der Waals surface area contributed by atoms with Crippen molar-refractivity contribution >= 4 is 37.1 Å². The summed E-state index contributed by atoms with van der Waals surface area (Å²) in [7, 11) is -10.1. The molecular weight excluding hydrogens is 407 g/mol. The van der Waals surface area contributed by atoms with Crippen molar-refractivity contribution in [3.8, 4) is 5.75 Å². The van der Waals surface area contributed by atoms with Gasteiger partial charge in [0.05, 0.1) is 10.6 Å². The monoisotopic (exact) mass is 415 g/mol. The summed E-state index contributed by atoms with van der Waals surface area (Å²) in [6.07, 6.45) is 0. The molecule has 0 aliphatic heterocycles. The van der Waals surface area contributed by atoms with E-state index in [-0.39, 0.29) is 9.92 Å². The fraction of sp³-hybridized carbons (Fsp3) is 0.0769.